The summed E-state index contributed by atoms with van der Waals surface area (Å²) in [6.07, 6.45) is 4.44. The van der Waals surface area contributed by atoms with Crippen LogP contribution >= 0.6 is 11.6 Å². The van der Waals surface area contributed by atoms with Crippen molar-refractivity contribution in [3.8, 4) is 0 Å². The molecule has 1 saturated carbocycles. The van der Waals surface area contributed by atoms with Gasteiger partial charge in [0.2, 0.25) is 0 Å². The third-order valence-electron chi connectivity index (χ3n) is 3.72. The molecule has 0 spiro atoms. The van der Waals surface area contributed by atoms with Gasteiger partial charge in [0.15, 0.2) is 0 Å². The molecule has 0 unspecified atom stereocenters. The molecule has 0 radical (unpaired) electrons. The van der Waals surface area contributed by atoms with Gasteiger partial charge < -0.3 is 10.0 Å². The van der Waals surface area contributed by atoms with Crippen LogP contribution in [0.15, 0.2) is 24.3 Å². The van der Waals surface area contributed by atoms with E-state index in [0.717, 1.165) is 18.4 Å². The van der Waals surface area contributed by atoms with Crippen LogP contribution in [0.4, 0.5) is 0 Å². The van der Waals surface area contributed by atoms with Crippen molar-refractivity contribution in [3.05, 3.63) is 35.4 Å². The van der Waals surface area contributed by atoms with Gasteiger partial charge in [-0.05, 0) is 30.5 Å². The van der Waals surface area contributed by atoms with Gasteiger partial charge in [0.05, 0.1) is 6.61 Å². The van der Waals surface area contributed by atoms with Gasteiger partial charge in [0.1, 0.15) is 0 Å². The smallest absolute Gasteiger partial charge is 0.254 e. The number of carbonyl (C=O) groups excluding carboxylic acids is 1. The molecule has 1 aliphatic rings. The molecule has 19 heavy (non-hydrogen) atoms. The van der Waals surface area contributed by atoms with E-state index in [9.17, 15) is 4.79 Å². The van der Waals surface area contributed by atoms with Crippen LogP contribution in [0.3, 0.4) is 0 Å². The molecule has 104 valence electrons. The molecule has 2 rings (SSSR count). The van der Waals surface area contributed by atoms with Crippen molar-refractivity contribution in [2.24, 2.45) is 0 Å². The zero-order valence-corrected chi connectivity index (χ0v) is 11.8. The lowest BCUT2D eigenvalue weighted by atomic mass is 10.1. The van der Waals surface area contributed by atoms with E-state index < -0.39 is 0 Å². The molecule has 1 fully saturated rings. The summed E-state index contributed by atoms with van der Waals surface area (Å²) in [6.45, 7) is 0.433. The summed E-state index contributed by atoms with van der Waals surface area (Å²) in [6, 6.07) is 7.68. The molecule has 0 bridgehead atoms. The Bertz CT molecular complexity index is 413. The van der Waals surface area contributed by atoms with Gasteiger partial charge in [-0.15, -0.1) is 11.6 Å². The summed E-state index contributed by atoms with van der Waals surface area (Å²) in [5.41, 5.74) is 1.68. The summed E-state index contributed by atoms with van der Waals surface area (Å²) < 4.78 is 0. The molecular formula is C15H20ClNO2. The van der Waals surface area contributed by atoms with Crippen LogP contribution in [0.5, 0.6) is 0 Å². The highest BCUT2D eigenvalue weighted by atomic mass is 35.5. The van der Waals surface area contributed by atoms with E-state index in [-0.39, 0.29) is 18.6 Å². The molecular weight excluding hydrogens is 262 g/mol. The first-order chi connectivity index (χ1) is 9.26. The number of hydrogen-bond donors (Lipinski definition) is 1. The van der Waals surface area contributed by atoms with E-state index in [2.05, 4.69) is 0 Å². The molecule has 0 heterocycles. The lowest BCUT2D eigenvalue weighted by Gasteiger charge is -2.28. The van der Waals surface area contributed by atoms with Crippen molar-refractivity contribution in [2.75, 3.05) is 13.2 Å². The Morgan fingerprint density at radius 3 is 2.42 bits per heavy atom. The lowest BCUT2D eigenvalue weighted by Crippen LogP contribution is -2.40. The highest BCUT2D eigenvalue weighted by molar-refractivity contribution is 6.17. The second kappa shape index (κ2) is 6.92. The zero-order valence-electron chi connectivity index (χ0n) is 11.0. The first-order valence-corrected chi connectivity index (χ1v) is 7.36. The maximum Gasteiger partial charge on any atom is 0.254 e. The average Bonchev–Trinajstić information content (AvgIpc) is 2.98. The minimum Gasteiger partial charge on any atom is -0.395 e. The maximum absolute atomic E-state index is 12.5. The molecule has 4 heteroatoms. The second-order valence-electron chi connectivity index (χ2n) is 4.99. The van der Waals surface area contributed by atoms with E-state index in [1.54, 1.807) is 0 Å². The number of amides is 1. The topological polar surface area (TPSA) is 40.5 Å². The molecule has 1 amide bonds. The number of alkyl halides is 1. The van der Waals surface area contributed by atoms with Gasteiger partial charge in [-0.25, -0.2) is 0 Å². The molecule has 0 saturated heterocycles. The van der Waals surface area contributed by atoms with Gasteiger partial charge in [-0.3, -0.25) is 4.79 Å². The summed E-state index contributed by atoms with van der Waals surface area (Å²) in [7, 11) is 0. The molecule has 0 atom stereocenters. The highest BCUT2D eigenvalue weighted by Gasteiger charge is 2.26. The third kappa shape index (κ3) is 3.48. The van der Waals surface area contributed by atoms with Crippen molar-refractivity contribution in [2.45, 2.75) is 37.6 Å². The molecule has 0 aromatic heterocycles. The number of carbonyl (C=O) groups is 1. The van der Waals surface area contributed by atoms with E-state index in [4.69, 9.17) is 16.7 Å². The van der Waals surface area contributed by atoms with Crippen LogP contribution in [0.1, 0.15) is 41.6 Å². The number of nitrogens with zero attached hydrogens (tertiary/aromatic N) is 1. The van der Waals surface area contributed by atoms with Gasteiger partial charge in [-0.1, -0.05) is 25.0 Å². The summed E-state index contributed by atoms with van der Waals surface area (Å²) >= 11 is 5.75. The predicted octanol–water partition coefficient (Wildman–Crippen LogP) is 2.80. The number of halogens is 1. The number of rotatable bonds is 5. The standard InChI is InChI=1S/C15H20ClNO2/c16-11-12-5-7-13(8-6-12)15(19)17(9-10-18)14-3-1-2-4-14/h5-8,14,18H,1-4,9-11H2. The average molecular weight is 282 g/mol. The van der Waals surface area contributed by atoms with E-state index in [1.807, 2.05) is 29.2 Å². The van der Waals surface area contributed by atoms with Crippen molar-refractivity contribution in [1.82, 2.24) is 4.90 Å². The minimum absolute atomic E-state index is 0.0158. The number of benzene rings is 1. The normalized spacial score (nSPS) is 15.7. The lowest BCUT2D eigenvalue weighted by molar-refractivity contribution is 0.0638. The van der Waals surface area contributed by atoms with Gasteiger partial charge >= 0.3 is 0 Å². The van der Waals surface area contributed by atoms with Crippen LogP contribution in [-0.2, 0) is 5.88 Å². The van der Waals surface area contributed by atoms with Crippen molar-refractivity contribution in [3.63, 3.8) is 0 Å². The Kier molecular flexibility index (Phi) is 5.23. The fourth-order valence-electron chi connectivity index (χ4n) is 2.68. The van der Waals surface area contributed by atoms with Crippen LogP contribution < -0.4 is 0 Å². The van der Waals surface area contributed by atoms with Gasteiger partial charge in [0, 0.05) is 24.0 Å². The summed E-state index contributed by atoms with van der Waals surface area (Å²) in [4.78, 5) is 14.3. The van der Waals surface area contributed by atoms with Crippen LogP contribution in [0.2, 0.25) is 0 Å². The molecule has 1 aromatic rings. The molecule has 1 N–H and O–H groups in total. The fraction of sp³-hybridized carbons (Fsp3) is 0.533. The maximum atomic E-state index is 12.5. The Morgan fingerprint density at radius 2 is 1.89 bits per heavy atom. The number of aliphatic hydroxyl groups excluding tert-OH is 1. The van der Waals surface area contributed by atoms with Crippen molar-refractivity contribution >= 4 is 17.5 Å². The largest absolute Gasteiger partial charge is 0.395 e. The van der Waals surface area contributed by atoms with Crippen molar-refractivity contribution in [1.29, 1.82) is 0 Å². The number of hydrogen-bond acceptors (Lipinski definition) is 2. The Labute approximate surface area is 119 Å². The van der Waals surface area contributed by atoms with Gasteiger partial charge in [-0.2, -0.15) is 0 Å². The van der Waals surface area contributed by atoms with Crippen LogP contribution in [-0.4, -0.2) is 35.1 Å². The Hall–Kier alpha value is -1.06. The predicted molar refractivity (Wildman–Crippen MR) is 76.4 cm³/mol. The molecule has 0 aliphatic heterocycles. The molecule has 1 aromatic carbocycles. The molecule has 3 nitrogen and oxygen atoms in total. The second-order valence-corrected chi connectivity index (χ2v) is 5.26. The van der Waals surface area contributed by atoms with E-state index in [0.29, 0.717) is 18.0 Å². The first kappa shape index (κ1) is 14.4. The van der Waals surface area contributed by atoms with Crippen molar-refractivity contribution < 1.29 is 9.90 Å². The monoisotopic (exact) mass is 281 g/mol. The molecule has 1 aliphatic carbocycles. The van der Waals surface area contributed by atoms with Crippen LogP contribution in [0, 0.1) is 0 Å². The third-order valence-corrected chi connectivity index (χ3v) is 4.03. The summed E-state index contributed by atoms with van der Waals surface area (Å²) in [5, 5.41) is 9.16. The Morgan fingerprint density at radius 1 is 1.26 bits per heavy atom. The fourth-order valence-corrected chi connectivity index (χ4v) is 2.85. The zero-order chi connectivity index (χ0) is 13.7. The van der Waals surface area contributed by atoms with Crippen LogP contribution in [0.25, 0.3) is 0 Å². The number of aliphatic hydroxyl groups is 1. The SMILES string of the molecule is O=C(c1ccc(CCl)cc1)N(CCO)C1CCCC1. The minimum atomic E-state index is 0.0158. The van der Waals surface area contributed by atoms with Gasteiger partial charge in [0.25, 0.3) is 5.91 Å². The highest BCUT2D eigenvalue weighted by Crippen LogP contribution is 2.24. The van der Waals surface area contributed by atoms with E-state index >= 15 is 0 Å². The van der Waals surface area contributed by atoms with E-state index in [1.165, 1.54) is 12.8 Å². The Balaban J connectivity index is 2.12. The summed E-state index contributed by atoms with van der Waals surface area (Å²) in [5.74, 6) is 0.472. The first-order valence-electron chi connectivity index (χ1n) is 6.83. The quantitative estimate of drug-likeness (QED) is 0.843.